The summed E-state index contributed by atoms with van der Waals surface area (Å²) in [4.78, 5) is 24.4. The van der Waals surface area contributed by atoms with Gasteiger partial charge in [0.2, 0.25) is 0 Å². The molecule has 1 fully saturated rings. The second kappa shape index (κ2) is 5.65. The lowest BCUT2D eigenvalue weighted by molar-refractivity contribution is -0.0580. The van der Waals surface area contributed by atoms with E-state index < -0.39 is 52.5 Å². The lowest BCUT2D eigenvalue weighted by Crippen LogP contribution is -2.39. The van der Waals surface area contributed by atoms with Gasteiger partial charge in [0.25, 0.3) is 15.7 Å². The predicted octanol–water partition coefficient (Wildman–Crippen LogP) is -3.47. The number of aromatic nitrogens is 3. The van der Waals surface area contributed by atoms with E-state index >= 15 is 0 Å². The van der Waals surface area contributed by atoms with E-state index in [1.807, 2.05) is 4.98 Å². The minimum absolute atomic E-state index is 0.536. The van der Waals surface area contributed by atoms with Crippen LogP contribution < -0.4 is 11.2 Å². The molecule has 1 aliphatic rings. The molecule has 2 heterocycles. The lowest BCUT2D eigenvalue weighted by atomic mass is 10.1. The van der Waals surface area contributed by atoms with Crippen molar-refractivity contribution in [1.29, 1.82) is 0 Å². The first kappa shape index (κ1) is 15.8. The average Bonchev–Trinajstić information content (AvgIpc) is 2.64. The summed E-state index contributed by atoms with van der Waals surface area (Å²) in [6, 6.07) is 0. The van der Waals surface area contributed by atoms with Crippen molar-refractivity contribution < 1.29 is 27.6 Å². The van der Waals surface area contributed by atoms with Gasteiger partial charge in [-0.1, -0.05) is 0 Å². The summed E-state index contributed by atoms with van der Waals surface area (Å²) in [7, 11) is -3.75. The van der Waals surface area contributed by atoms with Gasteiger partial charge in [-0.05, 0) is 0 Å². The minimum Gasteiger partial charge on any atom is -0.387 e. The summed E-state index contributed by atoms with van der Waals surface area (Å²) < 4.78 is 32.1. The molecule has 3 N–H and O–H groups in total. The highest BCUT2D eigenvalue weighted by molar-refractivity contribution is 7.85. The van der Waals surface area contributed by atoms with Crippen LogP contribution in [0.2, 0.25) is 0 Å². The van der Waals surface area contributed by atoms with Crippen molar-refractivity contribution in [2.75, 3.05) is 12.9 Å². The molecule has 0 aromatic carbocycles. The van der Waals surface area contributed by atoms with E-state index in [1.54, 1.807) is 0 Å². The number of nitrogens with zero attached hydrogens (tertiary/aromatic N) is 2. The highest BCUT2D eigenvalue weighted by atomic mass is 32.2. The fraction of sp³-hybridized carbons (Fsp3) is 0.667. The molecule has 21 heavy (non-hydrogen) atoms. The number of aromatic amines is 1. The van der Waals surface area contributed by atoms with E-state index in [9.17, 15) is 28.2 Å². The molecule has 0 radical (unpaired) electrons. The van der Waals surface area contributed by atoms with E-state index in [2.05, 4.69) is 9.28 Å². The fourth-order valence-electron chi connectivity index (χ4n) is 1.80. The predicted molar refractivity (Wildman–Crippen MR) is 65.8 cm³/mol. The van der Waals surface area contributed by atoms with Crippen LogP contribution in [0.1, 0.15) is 6.23 Å². The Hall–Kier alpha value is -1.60. The number of hydrogen-bond donors (Lipinski definition) is 3. The first-order valence-corrected chi connectivity index (χ1v) is 7.55. The van der Waals surface area contributed by atoms with Gasteiger partial charge < -0.3 is 14.9 Å². The summed E-state index contributed by atoms with van der Waals surface area (Å²) >= 11 is 0. The Labute approximate surface area is 117 Å². The number of aliphatic hydroxyl groups excluding tert-OH is 2. The molecular formula is C9H13N3O8S. The molecule has 0 saturated carbocycles. The zero-order valence-corrected chi connectivity index (χ0v) is 11.6. The lowest BCUT2D eigenvalue weighted by Gasteiger charge is -2.14. The molecule has 0 bridgehead atoms. The maximum atomic E-state index is 11.5. The van der Waals surface area contributed by atoms with Gasteiger partial charge in [-0.15, -0.1) is 0 Å². The summed E-state index contributed by atoms with van der Waals surface area (Å²) in [5.74, 6) is 0. The Morgan fingerprint density at radius 1 is 1.43 bits per heavy atom. The number of hydrogen-bond acceptors (Lipinski definition) is 9. The standard InChI is InChI=1S/C9H13N3O8S/c1-21(17,18)19-3-4-6(14)7(15)8(20-4)12-9(16)11-5(13)2-10-12/h2,4,6-8,14-15H,3H2,1H3,(H,11,13,16)/t4-,6+,7-,8+/m0/s1. The van der Waals surface area contributed by atoms with E-state index in [-0.39, 0.29) is 0 Å². The Bertz CT molecular complexity index is 725. The fourth-order valence-corrected chi connectivity index (χ4v) is 2.18. The van der Waals surface area contributed by atoms with E-state index in [1.165, 1.54) is 0 Å². The normalized spacial score (nSPS) is 29.7. The molecule has 1 saturated heterocycles. The molecule has 1 aromatic heterocycles. The van der Waals surface area contributed by atoms with Crippen molar-refractivity contribution in [3.63, 3.8) is 0 Å². The highest BCUT2D eigenvalue weighted by Crippen LogP contribution is 2.27. The van der Waals surface area contributed by atoms with Gasteiger partial charge in [-0.25, -0.2) is 4.79 Å². The second-order valence-electron chi connectivity index (χ2n) is 4.42. The molecule has 1 aromatic rings. The first-order valence-electron chi connectivity index (χ1n) is 5.73. The molecule has 12 heteroatoms. The zero-order chi connectivity index (χ0) is 15.8. The summed E-state index contributed by atoms with van der Waals surface area (Å²) in [6.07, 6.45) is -3.98. The SMILES string of the molecule is CS(=O)(=O)OC[C@@H]1O[C@@H](n2ncc(=O)[nH]c2=O)[C@@H](O)[C@@H]1O. The van der Waals surface area contributed by atoms with E-state index in [4.69, 9.17) is 4.74 Å². The van der Waals surface area contributed by atoms with Gasteiger partial charge in [0.1, 0.15) is 24.5 Å². The summed E-state index contributed by atoms with van der Waals surface area (Å²) in [5.41, 5.74) is -1.68. The molecular weight excluding hydrogens is 310 g/mol. The van der Waals surface area contributed by atoms with Gasteiger partial charge in [-0.2, -0.15) is 18.2 Å². The Morgan fingerprint density at radius 3 is 2.67 bits per heavy atom. The topological polar surface area (TPSA) is 161 Å². The van der Waals surface area contributed by atoms with Crippen LogP contribution in [0.25, 0.3) is 0 Å². The second-order valence-corrected chi connectivity index (χ2v) is 6.06. The van der Waals surface area contributed by atoms with Crippen LogP contribution in [-0.4, -0.2) is 64.6 Å². The van der Waals surface area contributed by atoms with Crippen LogP contribution in [0.4, 0.5) is 0 Å². The molecule has 1 aliphatic heterocycles. The number of aliphatic hydroxyl groups is 2. The number of rotatable bonds is 4. The van der Waals surface area contributed by atoms with Crippen LogP contribution >= 0.6 is 0 Å². The number of nitrogens with one attached hydrogen (secondary N) is 1. The largest absolute Gasteiger partial charge is 0.387 e. The average molecular weight is 323 g/mol. The van der Waals surface area contributed by atoms with Crippen molar-refractivity contribution in [3.8, 4) is 0 Å². The van der Waals surface area contributed by atoms with Crippen LogP contribution in [0.3, 0.4) is 0 Å². The number of H-pyrrole nitrogens is 1. The first-order chi connectivity index (χ1) is 9.69. The summed E-state index contributed by atoms with van der Waals surface area (Å²) in [5, 5.41) is 23.1. The Balaban J connectivity index is 2.19. The molecule has 4 atom stereocenters. The zero-order valence-electron chi connectivity index (χ0n) is 10.7. The van der Waals surface area contributed by atoms with Crippen LogP contribution in [0.5, 0.6) is 0 Å². The van der Waals surface area contributed by atoms with Gasteiger partial charge >= 0.3 is 5.69 Å². The minimum atomic E-state index is -3.75. The van der Waals surface area contributed by atoms with E-state index in [0.717, 1.165) is 12.5 Å². The quantitative estimate of drug-likeness (QED) is 0.478. The molecule has 0 unspecified atom stereocenters. The van der Waals surface area contributed by atoms with Gasteiger partial charge in [-0.3, -0.25) is 14.0 Å². The molecule has 0 spiro atoms. The van der Waals surface area contributed by atoms with Crippen molar-refractivity contribution in [3.05, 3.63) is 27.0 Å². The van der Waals surface area contributed by atoms with Crippen LogP contribution in [0, 0.1) is 0 Å². The van der Waals surface area contributed by atoms with Gasteiger partial charge in [0.05, 0.1) is 12.9 Å². The highest BCUT2D eigenvalue weighted by Gasteiger charge is 2.45. The third kappa shape index (κ3) is 3.54. The van der Waals surface area contributed by atoms with Crippen LogP contribution in [-0.2, 0) is 19.0 Å². The van der Waals surface area contributed by atoms with Gasteiger partial charge in [0, 0.05) is 0 Å². The van der Waals surface area contributed by atoms with Crippen molar-refractivity contribution in [2.24, 2.45) is 0 Å². The molecule has 2 rings (SSSR count). The third-order valence-electron chi connectivity index (χ3n) is 2.76. The maximum Gasteiger partial charge on any atom is 0.347 e. The molecule has 11 nitrogen and oxygen atoms in total. The third-order valence-corrected chi connectivity index (χ3v) is 3.33. The van der Waals surface area contributed by atoms with Crippen molar-refractivity contribution in [1.82, 2.24) is 14.8 Å². The molecule has 118 valence electrons. The monoisotopic (exact) mass is 323 g/mol. The van der Waals surface area contributed by atoms with Crippen LogP contribution in [0.15, 0.2) is 15.8 Å². The Kier molecular flexibility index (Phi) is 4.25. The van der Waals surface area contributed by atoms with Crippen molar-refractivity contribution in [2.45, 2.75) is 24.5 Å². The summed E-state index contributed by atoms with van der Waals surface area (Å²) in [6.45, 7) is -0.536. The van der Waals surface area contributed by atoms with E-state index in [0.29, 0.717) is 4.68 Å². The molecule has 0 amide bonds. The molecule has 0 aliphatic carbocycles. The van der Waals surface area contributed by atoms with Gasteiger partial charge in [0.15, 0.2) is 6.23 Å². The maximum absolute atomic E-state index is 11.5. The smallest absolute Gasteiger partial charge is 0.347 e. The number of ether oxygens (including phenoxy) is 1. The van der Waals surface area contributed by atoms with Crippen molar-refractivity contribution >= 4 is 10.1 Å². The Morgan fingerprint density at radius 2 is 2.10 bits per heavy atom.